The molecular formula is C19H18O5. The van der Waals surface area contributed by atoms with Crippen LogP contribution in [0, 0.1) is 0 Å². The molecule has 2 aromatic rings. The van der Waals surface area contributed by atoms with Gasteiger partial charge in [-0.1, -0.05) is 19.1 Å². The van der Waals surface area contributed by atoms with Gasteiger partial charge in [0.1, 0.15) is 5.75 Å². The van der Waals surface area contributed by atoms with Crippen LogP contribution in [0.25, 0.3) is 0 Å². The number of esters is 2. The Kier molecular flexibility index (Phi) is 5.84. The van der Waals surface area contributed by atoms with Crippen LogP contribution in [0.2, 0.25) is 0 Å². The zero-order valence-electron chi connectivity index (χ0n) is 13.6. The van der Waals surface area contributed by atoms with E-state index < -0.39 is 5.97 Å². The Morgan fingerprint density at radius 2 is 1.54 bits per heavy atom. The summed E-state index contributed by atoms with van der Waals surface area (Å²) in [6.45, 7) is 3.70. The molecule has 0 aliphatic carbocycles. The molecule has 0 amide bonds. The van der Waals surface area contributed by atoms with E-state index in [2.05, 4.69) is 0 Å². The van der Waals surface area contributed by atoms with Gasteiger partial charge in [0.15, 0.2) is 5.78 Å². The van der Waals surface area contributed by atoms with Gasteiger partial charge in [0, 0.05) is 17.5 Å². The third-order valence-electron chi connectivity index (χ3n) is 3.27. The maximum absolute atomic E-state index is 12.5. The van der Waals surface area contributed by atoms with Gasteiger partial charge >= 0.3 is 11.9 Å². The maximum Gasteiger partial charge on any atom is 0.338 e. The largest absolute Gasteiger partial charge is 0.462 e. The lowest BCUT2D eigenvalue weighted by atomic mass is 10.0. The molecule has 124 valence electrons. The number of ether oxygens (including phenoxy) is 2. The van der Waals surface area contributed by atoms with Crippen molar-refractivity contribution >= 4 is 17.7 Å². The second-order valence-corrected chi connectivity index (χ2v) is 4.98. The highest BCUT2D eigenvalue weighted by atomic mass is 16.5. The summed E-state index contributed by atoms with van der Waals surface area (Å²) in [5.74, 6) is -0.640. The number of hydrogen-bond donors (Lipinski definition) is 0. The average Bonchev–Trinajstić information content (AvgIpc) is 2.62. The van der Waals surface area contributed by atoms with Crippen molar-refractivity contribution in [2.24, 2.45) is 0 Å². The normalized spacial score (nSPS) is 10.1. The standard InChI is InChI=1S/C19H18O5/c1-3-17(20)24-16-10-8-13(9-11-16)18(21)14-6-5-7-15(12-14)19(22)23-4-2/h5-12H,3-4H2,1-2H3. The molecule has 5 nitrogen and oxygen atoms in total. The zero-order valence-corrected chi connectivity index (χ0v) is 13.6. The van der Waals surface area contributed by atoms with Crippen LogP contribution in [-0.2, 0) is 9.53 Å². The summed E-state index contributed by atoms with van der Waals surface area (Å²) in [7, 11) is 0. The Morgan fingerprint density at radius 3 is 2.17 bits per heavy atom. The summed E-state index contributed by atoms with van der Waals surface area (Å²) in [5.41, 5.74) is 1.15. The molecule has 0 radical (unpaired) electrons. The Hall–Kier alpha value is -2.95. The van der Waals surface area contributed by atoms with Gasteiger partial charge in [-0.25, -0.2) is 4.79 Å². The van der Waals surface area contributed by atoms with Gasteiger partial charge in [-0.15, -0.1) is 0 Å². The summed E-state index contributed by atoms with van der Waals surface area (Å²) in [5, 5.41) is 0. The van der Waals surface area contributed by atoms with Crippen LogP contribution in [0.15, 0.2) is 48.5 Å². The zero-order chi connectivity index (χ0) is 17.5. The smallest absolute Gasteiger partial charge is 0.338 e. The second-order valence-electron chi connectivity index (χ2n) is 4.98. The van der Waals surface area contributed by atoms with Crippen molar-refractivity contribution < 1.29 is 23.9 Å². The minimum atomic E-state index is -0.464. The van der Waals surface area contributed by atoms with Gasteiger partial charge in [-0.2, -0.15) is 0 Å². The van der Waals surface area contributed by atoms with Crippen molar-refractivity contribution in [3.05, 3.63) is 65.2 Å². The molecule has 0 atom stereocenters. The van der Waals surface area contributed by atoms with Crippen LogP contribution in [-0.4, -0.2) is 24.3 Å². The highest BCUT2D eigenvalue weighted by molar-refractivity contribution is 6.10. The van der Waals surface area contributed by atoms with Gasteiger partial charge < -0.3 is 9.47 Å². The molecule has 0 aliphatic rings. The molecule has 2 rings (SSSR count). The van der Waals surface area contributed by atoms with E-state index in [-0.39, 0.29) is 24.8 Å². The minimum absolute atomic E-state index is 0.227. The van der Waals surface area contributed by atoms with Gasteiger partial charge in [-0.3, -0.25) is 9.59 Å². The maximum atomic E-state index is 12.5. The van der Waals surface area contributed by atoms with Crippen LogP contribution in [0.4, 0.5) is 0 Å². The highest BCUT2D eigenvalue weighted by Crippen LogP contribution is 2.17. The first-order valence-corrected chi connectivity index (χ1v) is 7.67. The molecule has 0 heterocycles. The Morgan fingerprint density at radius 1 is 0.875 bits per heavy atom. The fraction of sp³-hybridized carbons (Fsp3) is 0.211. The third kappa shape index (κ3) is 4.29. The van der Waals surface area contributed by atoms with E-state index in [1.807, 2.05) is 0 Å². The lowest BCUT2D eigenvalue weighted by molar-refractivity contribution is -0.134. The summed E-state index contributed by atoms with van der Waals surface area (Å²) in [4.78, 5) is 35.5. The molecule has 0 N–H and O–H groups in total. The SMILES string of the molecule is CCOC(=O)c1cccc(C(=O)c2ccc(OC(=O)CC)cc2)c1. The van der Waals surface area contributed by atoms with Crippen molar-refractivity contribution in [1.29, 1.82) is 0 Å². The Balaban J connectivity index is 2.18. The first-order valence-electron chi connectivity index (χ1n) is 7.67. The molecule has 5 heteroatoms. The van der Waals surface area contributed by atoms with E-state index >= 15 is 0 Å². The van der Waals surface area contributed by atoms with E-state index in [4.69, 9.17) is 9.47 Å². The molecular weight excluding hydrogens is 308 g/mol. The molecule has 0 spiro atoms. The van der Waals surface area contributed by atoms with Crippen molar-refractivity contribution in [3.8, 4) is 5.75 Å². The monoisotopic (exact) mass is 326 g/mol. The highest BCUT2D eigenvalue weighted by Gasteiger charge is 2.13. The predicted octanol–water partition coefficient (Wildman–Crippen LogP) is 3.41. The lowest BCUT2D eigenvalue weighted by Gasteiger charge is -2.06. The fourth-order valence-electron chi connectivity index (χ4n) is 2.05. The molecule has 0 bridgehead atoms. The fourth-order valence-corrected chi connectivity index (χ4v) is 2.05. The van der Waals surface area contributed by atoms with Crippen molar-refractivity contribution in [1.82, 2.24) is 0 Å². The number of carbonyl (C=O) groups is 3. The third-order valence-corrected chi connectivity index (χ3v) is 3.27. The van der Waals surface area contributed by atoms with E-state index in [1.165, 1.54) is 6.07 Å². The molecule has 0 saturated heterocycles. The molecule has 0 aromatic heterocycles. The quantitative estimate of drug-likeness (QED) is 0.462. The van der Waals surface area contributed by atoms with Crippen LogP contribution < -0.4 is 4.74 Å². The van der Waals surface area contributed by atoms with E-state index in [0.717, 1.165) is 0 Å². The van der Waals surface area contributed by atoms with Gasteiger partial charge in [0.2, 0.25) is 0 Å². The molecule has 2 aromatic carbocycles. The number of rotatable bonds is 6. The van der Waals surface area contributed by atoms with E-state index in [1.54, 1.807) is 56.3 Å². The molecule has 0 unspecified atom stereocenters. The number of hydrogen-bond acceptors (Lipinski definition) is 5. The number of ketones is 1. The number of benzene rings is 2. The Labute approximate surface area is 140 Å². The molecule has 24 heavy (non-hydrogen) atoms. The second kappa shape index (κ2) is 8.06. The van der Waals surface area contributed by atoms with Crippen LogP contribution in [0.5, 0.6) is 5.75 Å². The van der Waals surface area contributed by atoms with Crippen molar-refractivity contribution in [3.63, 3.8) is 0 Å². The van der Waals surface area contributed by atoms with E-state index in [9.17, 15) is 14.4 Å². The Bertz CT molecular complexity index is 747. The molecule has 0 fully saturated rings. The van der Waals surface area contributed by atoms with Crippen LogP contribution >= 0.6 is 0 Å². The summed E-state index contributed by atoms with van der Waals surface area (Å²) in [6.07, 6.45) is 0.279. The number of carbonyl (C=O) groups excluding carboxylic acids is 3. The average molecular weight is 326 g/mol. The van der Waals surface area contributed by atoms with Crippen LogP contribution in [0.3, 0.4) is 0 Å². The topological polar surface area (TPSA) is 69.7 Å². The molecule has 0 saturated carbocycles. The summed E-state index contributed by atoms with van der Waals surface area (Å²) < 4.78 is 10.0. The van der Waals surface area contributed by atoms with Crippen LogP contribution in [0.1, 0.15) is 46.5 Å². The first kappa shape index (κ1) is 17.4. The summed E-state index contributed by atoms with van der Waals surface area (Å²) >= 11 is 0. The van der Waals surface area contributed by atoms with E-state index in [0.29, 0.717) is 22.4 Å². The molecule has 0 aliphatic heterocycles. The first-order chi connectivity index (χ1) is 11.5. The van der Waals surface area contributed by atoms with Gasteiger partial charge in [0.05, 0.1) is 12.2 Å². The van der Waals surface area contributed by atoms with Crippen molar-refractivity contribution in [2.75, 3.05) is 6.61 Å². The van der Waals surface area contributed by atoms with Gasteiger partial charge in [0.25, 0.3) is 0 Å². The summed E-state index contributed by atoms with van der Waals surface area (Å²) in [6, 6.07) is 12.7. The predicted molar refractivity (Wildman–Crippen MR) is 88.2 cm³/mol. The van der Waals surface area contributed by atoms with Crippen molar-refractivity contribution in [2.45, 2.75) is 20.3 Å². The van der Waals surface area contributed by atoms with Gasteiger partial charge in [-0.05, 0) is 43.3 Å². The minimum Gasteiger partial charge on any atom is -0.462 e. The lowest BCUT2D eigenvalue weighted by Crippen LogP contribution is -2.08.